The fourth-order valence-electron chi connectivity index (χ4n) is 3.48. The Balaban J connectivity index is 1.24. The molecule has 1 amide bonds. The molecule has 32 heavy (non-hydrogen) atoms. The van der Waals surface area contributed by atoms with Gasteiger partial charge < -0.3 is 14.8 Å². The van der Waals surface area contributed by atoms with Crippen molar-refractivity contribution in [3.05, 3.63) is 102 Å². The Morgan fingerprint density at radius 2 is 1.62 bits per heavy atom. The first-order valence-corrected chi connectivity index (χ1v) is 10.9. The first kappa shape index (κ1) is 21.8. The van der Waals surface area contributed by atoms with E-state index >= 15 is 0 Å². The molecule has 164 valence electrons. The molecular weight excluding hydrogens is 400 g/mol. The monoisotopic (exact) mass is 428 g/mol. The molecular formula is C27H28N2O3. The molecule has 1 aliphatic heterocycles. The minimum atomic E-state index is -0.157. The van der Waals surface area contributed by atoms with Gasteiger partial charge in [-0.05, 0) is 47.0 Å². The van der Waals surface area contributed by atoms with Crippen molar-refractivity contribution in [2.45, 2.75) is 13.2 Å². The molecule has 1 heterocycles. The van der Waals surface area contributed by atoms with E-state index in [0.29, 0.717) is 6.61 Å². The van der Waals surface area contributed by atoms with Crippen molar-refractivity contribution < 1.29 is 14.3 Å². The largest absolute Gasteiger partial charge is 0.489 e. The van der Waals surface area contributed by atoms with Gasteiger partial charge in [-0.25, -0.2) is 0 Å². The van der Waals surface area contributed by atoms with Gasteiger partial charge in [0.05, 0.1) is 13.2 Å². The lowest BCUT2D eigenvalue weighted by Gasteiger charge is -2.26. The topological polar surface area (TPSA) is 50.8 Å². The summed E-state index contributed by atoms with van der Waals surface area (Å²) in [5, 5.41) is 2.91. The summed E-state index contributed by atoms with van der Waals surface area (Å²) in [5.74, 6) is 0.642. The fourth-order valence-corrected chi connectivity index (χ4v) is 3.48. The summed E-state index contributed by atoms with van der Waals surface area (Å²) < 4.78 is 11.2. The molecule has 4 rings (SSSR count). The third kappa shape index (κ3) is 6.80. The molecule has 1 fully saturated rings. The van der Waals surface area contributed by atoms with Gasteiger partial charge in [-0.15, -0.1) is 0 Å². The van der Waals surface area contributed by atoms with Gasteiger partial charge in [0, 0.05) is 31.4 Å². The Hall–Kier alpha value is -3.41. The Morgan fingerprint density at radius 3 is 2.34 bits per heavy atom. The van der Waals surface area contributed by atoms with Crippen molar-refractivity contribution in [3.8, 4) is 5.75 Å². The number of rotatable bonds is 8. The first-order valence-electron chi connectivity index (χ1n) is 10.9. The van der Waals surface area contributed by atoms with Gasteiger partial charge in [-0.2, -0.15) is 0 Å². The molecule has 0 aliphatic carbocycles. The molecule has 3 aromatic carbocycles. The van der Waals surface area contributed by atoms with Gasteiger partial charge in [0.15, 0.2) is 0 Å². The van der Waals surface area contributed by atoms with E-state index in [1.807, 2.05) is 66.7 Å². The molecule has 5 nitrogen and oxygen atoms in total. The van der Waals surface area contributed by atoms with Crippen LogP contribution < -0.4 is 10.1 Å². The molecule has 0 radical (unpaired) electrons. The standard InChI is InChI=1S/C27H28N2O3/c30-27(28-25-11-6-23(7-12-25)20-29-16-18-31-19-17-29)15-10-22-8-13-26(14-9-22)32-21-24-4-2-1-3-5-24/h1-15H,16-21H2,(H,28,30)/b15-10+. The van der Waals surface area contributed by atoms with Gasteiger partial charge in [0.25, 0.3) is 0 Å². The SMILES string of the molecule is O=C(/C=C/c1ccc(OCc2ccccc2)cc1)Nc1ccc(CN2CCOCC2)cc1. The van der Waals surface area contributed by atoms with E-state index in [1.54, 1.807) is 12.2 Å². The maximum absolute atomic E-state index is 12.3. The lowest BCUT2D eigenvalue weighted by molar-refractivity contribution is -0.111. The quantitative estimate of drug-likeness (QED) is 0.526. The summed E-state index contributed by atoms with van der Waals surface area (Å²) in [4.78, 5) is 14.6. The molecule has 1 saturated heterocycles. The number of carbonyl (C=O) groups is 1. The summed E-state index contributed by atoms with van der Waals surface area (Å²) in [6.45, 7) is 4.95. The average molecular weight is 429 g/mol. The van der Waals surface area contributed by atoms with E-state index in [-0.39, 0.29) is 5.91 Å². The maximum Gasteiger partial charge on any atom is 0.248 e. The van der Waals surface area contributed by atoms with Crippen LogP contribution in [0.3, 0.4) is 0 Å². The second kappa shape index (κ2) is 11.3. The van der Waals surface area contributed by atoms with Gasteiger partial charge >= 0.3 is 0 Å². The Bertz CT molecular complexity index is 1010. The zero-order chi connectivity index (χ0) is 22.0. The van der Waals surface area contributed by atoms with Crippen LogP contribution in [0, 0.1) is 0 Å². The average Bonchev–Trinajstić information content (AvgIpc) is 2.85. The number of carbonyl (C=O) groups excluding carboxylic acids is 1. The lowest BCUT2D eigenvalue weighted by Crippen LogP contribution is -2.35. The number of nitrogens with one attached hydrogen (secondary N) is 1. The third-order valence-corrected chi connectivity index (χ3v) is 5.29. The summed E-state index contributed by atoms with van der Waals surface area (Å²) >= 11 is 0. The van der Waals surface area contributed by atoms with Crippen molar-refractivity contribution >= 4 is 17.7 Å². The van der Waals surface area contributed by atoms with Crippen molar-refractivity contribution in [2.24, 2.45) is 0 Å². The normalized spacial score (nSPS) is 14.4. The Labute approximate surface area is 189 Å². The van der Waals surface area contributed by atoms with Crippen LogP contribution in [0.15, 0.2) is 84.9 Å². The number of benzene rings is 3. The number of nitrogens with zero attached hydrogens (tertiary/aromatic N) is 1. The predicted molar refractivity (Wildman–Crippen MR) is 127 cm³/mol. The lowest BCUT2D eigenvalue weighted by atomic mass is 10.2. The van der Waals surface area contributed by atoms with Crippen LogP contribution >= 0.6 is 0 Å². The zero-order valence-electron chi connectivity index (χ0n) is 18.1. The van der Waals surface area contributed by atoms with Crippen LogP contribution in [0.5, 0.6) is 5.75 Å². The predicted octanol–water partition coefficient (Wildman–Crippen LogP) is 4.75. The third-order valence-electron chi connectivity index (χ3n) is 5.29. The van der Waals surface area contributed by atoms with Crippen LogP contribution in [0.2, 0.25) is 0 Å². The first-order chi connectivity index (χ1) is 15.7. The number of hydrogen-bond donors (Lipinski definition) is 1. The number of ether oxygens (including phenoxy) is 2. The van der Waals surface area contributed by atoms with E-state index in [4.69, 9.17) is 9.47 Å². The molecule has 0 aromatic heterocycles. The van der Waals surface area contributed by atoms with Crippen molar-refractivity contribution in [3.63, 3.8) is 0 Å². The van der Waals surface area contributed by atoms with E-state index < -0.39 is 0 Å². The van der Waals surface area contributed by atoms with Crippen molar-refractivity contribution in [2.75, 3.05) is 31.6 Å². The van der Waals surface area contributed by atoms with Crippen LogP contribution in [-0.4, -0.2) is 37.1 Å². The highest BCUT2D eigenvalue weighted by Crippen LogP contribution is 2.16. The van der Waals surface area contributed by atoms with Crippen molar-refractivity contribution in [1.82, 2.24) is 4.90 Å². The molecule has 3 aromatic rings. The smallest absolute Gasteiger partial charge is 0.248 e. The van der Waals surface area contributed by atoms with E-state index in [2.05, 4.69) is 22.3 Å². The molecule has 1 aliphatic rings. The fraction of sp³-hybridized carbons (Fsp3) is 0.222. The summed E-state index contributed by atoms with van der Waals surface area (Å²) in [5.41, 5.74) is 4.08. The highest BCUT2D eigenvalue weighted by atomic mass is 16.5. The number of morpholine rings is 1. The highest BCUT2D eigenvalue weighted by molar-refractivity contribution is 6.01. The summed E-state index contributed by atoms with van der Waals surface area (Å²) in [6.07, 6.45) is 3.34. The summed E-state index contributed by atoms with van der Waals surface area (Å²) in [7, 11) is 0. The van der Waals surface area contributed by atoms with Crippen LogP contribution in [0.25, 0.3) is 6.08 Å². The van der Waals surface area contributed by atoms with Gasteiger partial charge in [0.2, 0.25) is 5.91 Å². The zero-order valence-corrected chi connectivity index (χ0v) is 18.1. The second-order valence-corrected chi connectivity index (χ2v) is 7.75. The van der Waals surface area contributed by atoms with Crippen LogP contribution in [-0.2, 0) is 22.7 Å². The van der Waals surface area contributed by atoms with E-state index in [9.17, 15) is 4.79 Å². The summed E-state index contributed by atoms with van der Waals surface area (Å²) in [6, 6.07) is 25.8. The van der Waals surface area contributed by atoms with Crippen LogP contribution in [0.4, 0.5) is 5.69 Å². The number of anilines is 1. The minimum Gasteiger partial charge on any atom is -0.489 e. The van der Waals surface area contributed by atoms with Gasteiger partial charge in [-0.1, -0.05) is 54.6 Å². The van der Waals surface area contributed by atoms with E-state index in [0.717, 1.165) is 55.4 Å². The molecule has 0 spiro atoms. The Morgan fingerprint density at radius 1 is 0.906 bits per heavy atom. The number of hydrogen-bond acceptors (Lipinski definition) is 4. The van der Waals surface area contributed by atoms with Crippen LogP contribution in [0.1, 0.15) is 16.7 Å². The molecule has 0 atom stereocenters. The molecule has 0 bridgehead atoms. The van der Waals surface area contributed by atoms with Gasteiger partial charge in [0.1, 0.15) is 12.4 Å². The molecule has 0 unspecified atom stereocenters. The number of amides is 1. The van der Waals surface area contributed by atoms with E-state index in [1.165, 1.54) is 5.56 Å². The van der Waals surface area contributed by atoms with Crippen molar-refractivity contribution in [1.29, 1.82) is 0 Å². The molecule has 5 heteroatoms. The highest BCUT2D eigenvalue weighted by Gasteiger charge is 2.10. The second-order valence-electron chi connectivity index (χ2n) is 7.75. The maximum atomic E-state index is 12.3. The van der Waals surface area contributed by atoms with Gasteiger partial charge in [-0.3, -0.25) is 9.69 Å². The molecule has 0 saturated carbocycles. The minimum absolute atomic E-state index is 0.157. The Kier molecular flexibility index (Phi) is 7.69. The molecule has 1 N–H and O–H groups in total.